The summed E-state index contributed by atoms with van der Waals surface area (Å²) >= 11 is 12.6. The van der Waals surface area contributed by atoms with Crippen LogP contribution in [0.3, 0.4) is 0 Å². The standard InChI is InChI=1S/C23H18BCl2N7/c1-14-4-2-7-19(29-14)23-22(15-8-9-21-27-13-28-33(21)10-15)30-20(31-23)12-32(24)11-16-17(25)5-3-6-18(16)26/h2-10,13H,11-12H2,1H3,(H,30,31). The molecule has 0 bridgehead atoms. The molecule has 0 saturated heterocycles. The number of imidazole rings is 1. The predicted octanol–water partition coefficient (Wildman–Crippen LogP) is 4.88. The molecule has 0 aliphatic heterocycles. The lowest BCUT2D eigenvalue weighted by atomic mass is 10.1. The number of rotatable bonds is 6. The van der Waals surface area contributed by atoms with E-state index in [-0.39, 0.29) is 0 Å². The summed E-state index contributed by atoms with van der Waals surface area (Å²) in [5.74, 6) is 0.688. The van der Waals surface area contributed by atoms with Gasteiger partial charge in [-0.3, -0.25) is 4.98 Å². The number of aromatic amines is 1. The fourth-order valence-corrected chi connectivity index (χ4v) is 4.18. The van der Waals surface area contributed by atoms with Crippen molar-refractivity contribution in [2.24, 2.45) is 0 Å². The molecule has 10 heteroatoms. The Morgan fingerprint density at radius 3 is 2.58 bits per heavy atom. The maximum absolute atomic E-state index is 6.31. The van der Waals surface area contributed by atoms with E-state index >= 15 is 0 Å². The summed E-state index contributed by atoms with van der Waals surface area (Å²) in [6.45, 7) is 2.68. The van der Waals surface area contributed by atoms with Crippen LogP contribution in [0.2, 0.25) is 10.0 Å². The van der Waals surface area contributed by atoms with Crippen LogP contribution in [-0.2, 0) is 13.1 Å². The van der Waals surface area contributed by atoms with Crippen LogP contribution in [0, 0.1) is 6.92 Å². The van der Waals surface area contributed by atoms with Crippen molar-refractivity contribution in [3.63, 3.8) is 0 Å². The first-order valence-corrected chi connectivity index (χ1v) is 11.0. The maximum atomic E-state index is 6.31. The van der Waals surface area contributed by atoms with Gasteiger partial charge in [-0.1, -0.05) is 35.3 Å². The van der Waals surface area contributed by atoms with Crippen LogP contribution in [0.4, 0.5) is 0 Å². The van der Waals surface area contributed by atoms with Crippen LogP contribution in [-0.4, -0.2) is 42.3 Å². The van der Waals surface area contributed by atoms with Gasteiger partial charge in [-0.15, -0.1) is 0 Å². The molecule has 1 N–H and O–H groups in total. The second-order valence-electron chi connectivity index (χ2n) is 7.66. The van der Waals surface area contributed by atoms with Gasteiger partial charge >= 0.3 is 0 Å². The number of pyridine rings is 2. The largest absolute Gasteiger partial charge is 0.344 e. The second-order valence-corrected chi connectivity index (χ2v) is 8.47. The lowest BCUT2D eigenvalue weighted by Gasteiger charge is -2.17. The van der Waals surface area contributed by atoms with Gasteiger partial charge in [0.1, 0.15) is 12.2 Å². The van der Waals surface area contributed by atoms with Crippen molar-refractivity contribution >= 4 is 36.8 Å². The van der Waals surface area contributed by atoms with Gasteiger partial charge in [-0.2, -0.15) is 5.10 Å². The number of hydrogen-bond acceptors (Lipinski definition) is 5. The van der Waals surface area contributed by atoms with Gasteiger partial charge in [0, 0.05) is 46.2 Å². The smallest absolute Gasteiger partial charge is 0.183 e. The zero-order chi connectivity index (χ0) is 22.9. The average molecular weight is 474 g/mol. The van der Waals surface area contributed by atoms with E-state index in [0.717, 1.165) is 39.5 Å². The van der Waals surface area contributed by atoms with Crippen LogP contribution < -0.4 is 0 Å². The Labute approximate surface area is 201 Å². The third-order valence-electron chi connectivity index (χ3n) is 5.22. The van der Waals surface area contributed by atoms with E-state index in [1.165, 1.54) is 6.33 Å². The Morgan fingerprint density at radius 1 is 1.00 bits per heavy atom. The molecule has 162 valence electrons. The van der Waals surface area contributed by atoms with Gasteiger partial charge < -0.3 is 9.79 Å². The van der Waals surface area contributed by atoms with Crippen LogP contribution in [0.15, 0.2) is 61.1 Å². The average Bonchev–Trinajstić information content (AvgIpc) is 3.43. The third-order valence-corrected chi connectivity index (χ3v) is 5.93. The van der Waals surface area contributed by atoms with Crippen LogP contribution >= 0.6 is 23.2 Å². The summed E-state index contributed by atoms with van der Waals surface area (Å²) in [4.78, 5) is 18.8. The maximum Gasteiger partial charge on any atom is 0.183 e. The predicted molar refractivity (Wildman–Crippen MR) is 130 cm³/mol. The summed E-state index contributed by atoms with van der Waals surface area (Å²) in [6.07, 6.45) is 3.41. The van der Waals surface area contributed by atoms with Crippen LogP contribution in [0.25, 0.3) is 28.3 Å². The quantitative estimate of drug-likeness (QED) is 0.355. The minimum absolute atomic E-state index is 0.353. The molecular weight excluding hydrogens is 456 g/mol. The number of hydrogen-bond donors (Lipinski definition) is 1. The van der Waals surface area contributed by atoms with Crippen molar-refractivity contribution in [3.8, 4) is 22.6 Å². The Hall–Kier alpha value is -3.20. The molecule has 5 rings (SSSR count). The molecule has 4 heterocycles. The molecule has 0 spiro atoms. The summed E-state index contributed by atoms with van der Waals surface area (Å²) in [6, 6.07) is 15.1. The SMILES string of the molecule is [B]N(Cc1nc(-c2ccc3ncnn3c2)c(-c2cccc(C)n2)[nH]1)Cc1c(Cl)cccc1Cl. The molecule has 2 radical (unpaired) electrons. The molecular formula is C23H18BCl2N7. The third kappa shape index (κ3) is 4.50. The van der Waals surface area contributed by atoms with E-state index in [9.17, 15) is 0 Å². The highest BCUT2D eigenvalue weighted by molar-refractivity contribution is 6.36. The lowest BCUT2D eigenvalue weighted by Crippen LogP contribution is -2.20. The monoisotopic (exact) mass is 473 g/mol. The van der Waals surface area contributed by atoms with Gasteiger partial charge in [0.25, 0.3) is 0 Å². The number of fused-ring (bicyclic) bond motifs is 1. The van der Waals surface area contributed by atoms with Crippen molar-refractivity contribution in [1.82, 2.24) is 34.4 Å². The van der Waals surface area contributed by atoms with Crippen molar-refractivity contribution in [2.45, 2.75) is 20.0 Å². The number of nitrogens with zero attached hydrogens (tertiary/aromatic N) is 6. The van der Waals surface area contributed by atoms with Crippen LogP contribution in [0.1, 0.15) is 17.1 Å². The number of halogens is 2. The number of aryl methyl sites for hydroxylation is 1. The second kappa shape index (κ2) is 8.98. The zero-order valence-electron chi connectivity index (χ0n) is 17.7. The Balaban J connectivity index is 1.51. The molecule has 1 aromatic carbocycles. The fraction of sp³-hybridized carbons (Fsp3) is 0.130. The molecule has 0 fully saturated rings. The topological polar surface area (TPSA) is 75.0 Å². The van der Waals surface area contributed by atoms with E-state index < -0.39 is 0 Å². The summed E-state index contributed by atoms with van der Waals surface area (Å²) in [5, 5.41) is 5.38. The molecule has 0 amide bonds. The van der Waals surface area contributed by atoms with Crippen molar-refractivity contribution in [3.05, 3.63) is 88.2 Å². The summed E-state index contributed by atoms with van der Waals surface area (Å²) < 4.78 is 1.71. The van der Waals surface area contributed by atoms with Gasteiger partial charge in [0.05, 0.1) is 17.1 Å². The molecule has 33 heavy (non-hydrogen) atoms. The highest BCUT2D eigenvalue weighted by Gasteiger charge is 2.18. The Kier molecular flexibility index (Phi) is 5.89. The fourth-order valence-electron chi connectivity index (χ4n) is 3.67. The summed E-state index contributed by atoms with van der Waals surface area (Å²) in [7, 11) is 6.31. The van der Waals surface area contributed by atoms with E-state index in [2.05, 4.69) is 20.1 Å². The Morgan fingerprint density at radius 2 is 1.79 bits per heavy atom. The normalized spacial score (nSPS) is 11.5. The van der Waals surface area contributed by atoms with Crippen molar-refractivity contribution in [2.75, 3.05) is 0 Å². The molecule has 4 aromatic heterocycles. The van der Waals surface area contributed by atoms with Crippen molar-refractivity contribution < 1.29 is 0 Å². The van der Waals surface area contributed by atoms with E-state index in [4.69, 9.17) is 36.2 Å². The first kappa shape index (κ1) is 21.6. The molecule has 7 nitrogen and oxygen atoms in total. The molecule has 0 aliphatic carbocycles. The molecule has 0 saturated carbocycles. The minimum Gasteiger partial charge on any atom is -0.344 e. The minimum atomic E-state index is 0.353. The number of benzene rings is 1. The van der Waals surface area contributed by atoms with Gasteiger partial charge in [0.2, 0.25) is 0 Å². The first-order valence-electron chi connectivity index (χ1n) is 10.2. The van der Waals surface area contributed by atoms with Gasteiger partial charge in [0.15, 0.2) is 13.6 Å². The Bertz CT molecular complexity index is 1430. The van der Waals surface area contributed by atoms with Crippen LogP contribution in [0.5, 0.6) is 0 Å². The molecule has 0 aliphatic rings. The number of nitrogens with one attached hydrogen (secondary N) is 1. The number of aromatic nitrogens is 6. The van der Waals surface area contributed by atoms with E-state index in [1.54, 1.807) is 27.5 Å². The molecule has 0 unspecified atom stereocenters. The molecule has 5 aromatic rings. The summed E-state index contributed by atoms with van der Waals surface area (Å²) in [5.41, 5.74) is 5.67. The highest BCUT2D eigenvalue weighted by atomic mass is 35.5. The highest BCUT2D eigenvalue weighted by Crippen LogP contribution is 2.30. The zero-order valence-corrected chi connectivity index (χ0v) is 19.2. The van der Waals surface area contributed by atoms with Gasteiger partial charge in [-0.05, 0) is 43.3 Å². The lowest BCUT2D eigenvalue weighted by molar-refractivity contribution is 0.432. The van der Waals surface area contributed by atoms with Gasteiger partial charge in [-0.25, -0.2) is 14.5 Å². The van der Waals surface area contributed by atoms with E-state index in [0.29, 0.717) is 29.0 Å². The number of H-pyrrole nitrogens is 1. The molecule has 0 atom stereocenters. The van der Waals surface area contributed by atoms with Crippen molar-refractivity contribution in [1.29, 1.82) is 0 Å². The van der Waals surface area contributed by atoms with E-state index in [1.807, 2.05) is 43.5 Å². The first-order chi connectivity index (χ1) is 16.0.